The van der Waals surface area contributed by atoms with Crippen molar-refractivity contribution in [3.63, 3.8) is 0 Å². The molecule has 8 nitrogen and oxygen atoms in total. The summed E-state index contributed by atoms with van der Waals surface area (Å²) in [6.07, 6.45) is 2.93. The van der Waals surface area contributed by atoms with E-state index in [1.807, 2.05) is 19.9 Å². The smallest absolute Gasteiger partial charge is 0.414 e. The van der Waals surface area contributed by atoms with Crippen molar-refractivity contribution in [2.75, 3.05) is 19.8 Å². The monoisotopic (exact) mass is 391 g/mol. The fourth-order valence-electron chi connectivity index (χ4n) is 3.16. The summed E-state index contributed by atoms with van der Waals surface area (Å²) in [5, 5.41) is 2.51. The number of carbonyl (C=O) groups excluding carboxylic acids is 2. The molecule has 1 saturated carbocycles. The van der Waals surface area contributed by atoms with E-state index in [1.54, 1.807) is 6.07 Å². The lowest BCUT2D eigenvalue weighted by molar-refractivity contribution is -0.120. The fraction of sp³-hybridized carbons (Fsp3) is 0.650. The highest BCUT2D eigenvalue weighted by atomic mass is 16.6. The van der Waals surface area contributed by atoms with Crippen molar-refractivity contribution < 1.29 is 23.8 Å². The number of ether oxygens (including phenoxy) is 3. The van der Waals surface area contributed by atoms with Gasteiger partial charge in [0.25, 0.3) is 0 Å². The Morgan fingerprint density at radius 1 is 1.32 bits per heavy atom. The zero-order valence-corrected chi connectivity index (χ0v) is 16.5. The SMILES string of the molecule is CC(C)C[C@H](NC(=O)Oc1ccc(C2CCOC2)c(OCC2CC2)n1)C(N)=O. The number of aromatic nitrogens is 1. The minimum atomic E-state index is -0.784. The van der Waals surface area contributed by atoms with Crippen LogP contribution in [0.5, 0.6) is 11.8 Å². The minimum Gasteiger partial charge on any atom is -0.477 e. The number of nitrogens with one attached hydrogen (secondary N) is 1. The first-order chi connectivity index (χ1) is 13.4. The van der Waals surface area contributed by atoms with Crippen LogP contribution in [-0.2, 0) is 9.53 Å². The number of carbonyl (C=O) groups is 2. The first kappa shape index (κ1) is 20.4. The average molecular weight is 391 g/mol. The summed E-state index contributed by atoms with van der Waals surface area (Å²) in [4.78, 5) is 28.1. The Bertz CT molecular complexity index is 699. The van der Waals surface area contributed by atoms with Gasteiger partial charge in [0.1, 0.15) is 6.04 Å². The van der Waals surface area contributed by atoms with E-state index < -0.39 is 18.0 Å². The van der Waals surface area contributed by atoms with Crippen LogP contribution in [0.15, 0.2) is 12.1 Å². The molecular weight excluding hydrogens is 362 g/mol. The van der Waals surface area contributed by atoms with E-state index in [-0.39, 0.29) is 17.7 Å². The highest BCUT2D eigenvalue weighted by Gasteiger charge is 2.27. The van der Waals surface area contributed by atoms with Crippen LogP contribution in [0.1, 0.15) is 51.0 Å². The molecule has 1 saturated heterocycles. The number of hydrogen-bond acceptors (Lipinski definition) is 6. The van der Waals surface area contributed by atoms with Crippen molar-refractivity contribution in [2.45, 2.75) is 51.5 Å². The van der Waals surface area contributed by atoms with Crippen molar-refractivity contribution in [3.8, 4) is 11.8 Å². The zero-order chi connectivity index (χ0) is 20.1. The van der Waals surface area contributed by atoms with E-state index in [2.05, 4.69) is 10.3 Å². The number of nitrogens with zero attached hydrogens (tertiary/aromatic N) is 1. The van der Waals surface area contributed by atoms with Gasteiger partial charge in [-0.2, -0.15) is 4.98 Å². The number of primary amides is 1. The van der Waals surface area contributed by atoms with Crippen molar-refractivity contribution in [3.05, 3.63) is 17.7 Å². The van der Waals surface area contributed by atoms with E-state index in [0.717, 1.165) is 18.6 Å². The van der Waals surface area contributed by atoms with Gasteiger partial charge in [-0.3, -0.25) is 4.79 Å². The van der Waals surface area contributed by atoms with Gasteiger partial charge in [-0.25, -0.2) is 4.79 Å². The summed E-state index contributed by atoms with van der Waals surface area (Å²) in [7, 11) is 0. The molecule has 8 heteroatoms. The highest BCUT2D eigenvalue weighted by Crippen LogP contribution is 2.35. The Morgan fingerprint density at radius 3 is 2.71 bits per heavy atom. The number of pyridine rings is 1. The quantitative estimate of drug-likeness (QED) is 0.668. The van der Waals surface area contributed by atoms with E-state index in [0.29, 0.717) is 31.4 Å². The van der Waals surface area contributed by atoms with Crippen LogP contribution in [0.2, 0.25) is 0 Å². The highest BCUT2D eigenvalue weighted by molar-refractivity contribution is 5.84. The largest absolute Gasteiger partial charge is 0.477 e. The zero-order valence-electron chi connectivity index (χ0n) is 16.5. The Kier molecular flexibility index (Phi) is 6.72. The average Bonchev–Trinajstić information content (AvgIpc) is 3.31. The molecule has 1 aliphatic heterocycles. The molecule has 0 spiro atoms. The maximum atomic E-state index is 12.2. The van der Waals surface area contributed by atoms with Gasteiger partial charge in [-0.1, -0.05) is 13.8 Å². The Morgan fingerprint density at radius 2 is 2.11 bits per heavy atom. The number of rotatable bonds is 9. The second kappa shape index (κ2) is 9.23. The summed E-state index contributed by atoms with van der Waals surface area (Å²) < 4.78 is 16.7. The lowest BCUT2D eigenvalue weighted by Crippen LogP contribution is -2.46. The van der Waals surface area contributed by atoms with Gasteiger partial charge in [0.2, 0.25) is 17.7 Å². The van der Waals surface area contributed by atoms with Crippen LogP contribution in [0, 0.1) is 11.8 Å². The van der Waals surface area contributed by atoms with Gasteiger partial charge in [0.15, 0.2) is 0 Å². The van der Waals surface area contributed by atoms with Gasteiger partial charge in [0.05, 0.1) is 13.2 Å². The molecule has 2 heterocycles. The molecule has 28 heavy (non-hydrogen) atoms. The first-order valence-electron chi connectivity index (χ1n) is 9.91. The Hall–Kier alpha value is -2.35. The van der Waals surface area contributed by atoms with Crippen LogP contribution in [0.4, 0.5) is 4.79 Å². The fourth-order valence-corrected chi connectivity index (χ4v) is 3.16. The number of nitrogens with two attached hydrogens (primary N) is 1. The van der Waals surface area contributed by atoms with Crippen molar-refractivity contribution >= 4 is 12.0 Å². The van der Waals surface area contributed by atoms with E-state index in [9.17, 15) is 9.59 Å². The van der Waals surface area contributed by atoms with E-state index in [4.69, 9.17) is 19.9 Å². The third-order valence-electron chi connectivity index (χ3n) is 4.93. The summed E-state index contributed by atoms with van der Waals surface area (Å²) >= 11 is 0. The predicted molar refractivity (Wildman–Crippen MR) is 102 cm³/mol. The summed E-state index contributed by atoms with van der Waals surface area (Å²) in [5.41, 5.74) is 6.33. The Labute approximate surface area is 165 Å². The maximum Gasteiger partial charge on any atom is 0.414 e. The third-order valence-corrected chi connectivity index (χ3v) is 4.93. The maximum absolute atomic E-state index is 12.2. The molecule has 1 aliphatic carbocycles. The molecule has 0 aromatic carbocycles. The van der Waals surface area contributed by atoms with Gasteiger partial charge >= 0.3 is 6.09 Å². The predicted octanol–water partition coefficient (Wildman–Crippen LogP) is 2.36. The van der Waals surface area contributed by atoms with Crippen molar-refractivity contribution in [1.82, 2.24) is 10.3 Å². The number of amides is 2. The van der Waals surface area contributed by atoms with E-state index in [1.165, 1.54) is 12.8 Å². The molecule has 2 aliphatic rings. The van der Waals surface area contributed by atoms with Crippen LogP contribution >= 0.6 is 0 Å². The molecule has 1 unspecified atom stereocenters. The van der Waals surface area contributed by atoms with Gasteiger partial charge in [-0.05, 0) is 43.6 Å². The third kappa shape index (κ3) is 5.82. The molecular formula is C20H29N3O5. The molecule has 2 atom stereocenters. The lowest BCUT2D eigenvalue weighted by atomic mass is 10.00. The van der Waals surface area contributed by atoms with Gasteiger partial charge in [0, 0.05) is 24.2 Å². The van der Waals surface area contributed by atoms with Crippen LogP contribution in [-0.4, -0.2) is 42.8 Å². The summed E-state index contributed by atoms with van der Waals surface area (Å²) in [5.74, 6) is 1.03. The standard InChI is InChI=1S/C20H29N3O5/c1-12(2)9-16(18(21)24)22-20(25)28-17-6-5-15(14-7-8-26-11-14)19(23-17)27-10-13-3-4-13/h5-6,12-14,16H,3-4,7-11H2,1-2H3,(H2,21,24)(H,22,25)/t14?,16-/m0/s1. The van der Waals surface area contributed by atoms with Crippen LogP contribution in [0.3, 0.4) is 0 Å². The first-order valence-corrected chi connectivity index (χ1v) is 9.91. The molecule has 154 valence electrons. The van der Waals surface area contributed by atoms with Gasteiger partial charge in [-0.15, -0.1) is 0 Å². The molecule has 1 aromatic rings. The van der Waals surface area contributed by atoms with Crippen LogP contribution < -0.4 is 20.5 Å². The molecule has 0 bridgehead atoms. The van der Waals surface area contributed by atoms with Crippen LogP contribution in [0.25, 0.3) is 0 Å². The molecule has 2 amide bonds. The normalized spacial score (nSPS) is 20.0. The lowest BCUT2D eigenvalue weighted by Gasteiger charge is -2.18. The molecule has 2 fully saturated rings. The van der Waals surface area contributed by atoms with E-state index >= 15 is 0 Å². The molecule has 1 aromatic heterocycles. The topological polar surface area (TPSA) is 113 Å². The number of hydrogen-bond donors (Lipinski definition) is 2. The minimum absolute atomic E-state index is 0.124. The second-order valence-corrected chi connectivity index (χ2v) is 7.98. The van der Waals surface area contributed by atoms with Gasteiger partial charge < -0.3 is 25.3 Å². The Balaban J connectivity index is 1.67. The van der Waals surface area contributed by atoms with Crippen molar-refractivity contribution in [1.29, 1.82) is 0 Å². The van der Waals surface area contributed by atoms with Crippen molar-refractivity contribution in [2.24, 2.45) is 17.6 Å². The second-order valence-electron chi connectivity index (χ2n) is 7.98. The summed E-state index contributed by atoms with van der Waals surface area (Å²) in [6.45, 7) is 5.86. The summed E-state index contributed by atoms with van der Waals surface area (Å²) in [6, 6.07) is 2.73. The molecule has 0 radical (unpaired) electrons. The molecule has 3 N–H and O–H groups in total. The molecule has 3 rings (SSSR count).